The summed E-state index contributed by atoms with van der Waals surface area (Å²) in [5, 5.41) is 0.752. The molecule has 0 aromatic heterocycles. The van der Waals surface area contributed by atoms with Crippen molar-refractivity contribution in [1.29, 1.82) is 0 Å². The maximum Gasteiger partial charge on any atom is 0.287 e. The molecule has 0 aliphatic carbocycles. The van der Waals surface area contributed by atoms with Gasteiger partial charge in [0, 0.05) is 5.56 Å². The minimum atomic E-state index is -4.00. The van der Waals surface area contributed by atoms with Crippen LogP contribution in [0.1, 0.15) is 28.4 Å². The normalized spacial score (nSPS) is 10.7. The molecule has 0 fully saturated rings. The molecule has 0 heterocycles. The van der Waals surface area contributed by atoms with Gasteiger partial charge in [-0.05, 0) is 24.1 Å². The first-order valence-corrected chi connectivity index (χ1v) is 8.27. The zero-order valence-corrected chi connectivity index (χ0v) is 13.5. The Kier molecular flexibility index (Phi) is 7.12. The molecule has 0 unspecified atom stereocenters. The van der Waals surface area contributed by atoms with Crippen LogP contribution in [0.15, 0.2) is 66.6 Å². The second kappa shape index (κ2) is 8.82. The molecule has 0 spiro atoms. The fourth-order valence-corrected chi connectivity index (χ4v) is 2.05. The van der Waals surface area contributed by atoms with Crippen molar-refractivity contribution in [2.24, 2.45) is 0 Å². The summed E-state index contributed by atoms with van der Waals surface area (Å²) in [5.41, 5.74) is 2.37. The lowest BCUT2D eigenvalue weighted by Crippen LogP contribution is -1.94. The topological polar surface area (TPSA) is 71.4 Å². The minimum absolute atomic E-state index is 0.0838. The zero-order chi connectivity index (χ0) is 17.3. The highest BCUT2D eigenvalue weighted by atomic mass is 32.2. The van der Waals surface area contributed by atoms with E-state index in [1.54, 1.807) is 43.3 Å². The van der Waals surface area contributed by atoms with E-state index in [1.165, 1.54) is 6.08 Å². The van der Waals surface area contributed by atoms with Crippen LogP contribution in [-0.2, 0) is 10.1 Å². The first-order valence-electron chi connectivity index (χ1n) is 6.76. The van der Waals surface area contributed by atoms with E-state index in [9.17, 15) is 13.2 Å². The van der Waals surface area contributed by atoms with E-state index in [0.29, 0.717) is 0 Å². The summed E-state index contributed by atoms with van der Waals surface area (Å²) in [6.07, 6.45) is 3.02. The predicted octanol–water partition coefficient (Wildman–Crippen LogP) is 4.08. The Hall–Kier alpha value is -2.50. The molecule has 0 radical (unpaired) electrons. The van der Waals surface area contributed by atoms with Crippen LogP contribution in [0, 0.1) is 0 Å². The van der Waals surface area contributed by atoms with E-state index in [2.05, 4.69) is 6.58 Å². The molecule has 0 aliphatic heterocycles. The number of carbonyl (C=O) groups excluding carboxylic acids is 1. The first-order chi connectivity index (χ1) is 10.8. The second-order valence-corrected chi connectivity index (χ2v) is 5.88. The van der Waals surface area contributed by atoms with Gasteiger partial charge in [0.15, 0.2) is 5.78 Å². The number of hydrogen-bond donors (Lipinski definition) is 1. The second-order valence-electron chi connectivity index (χ2n) is 4.58. The van der Waals surface area contributed by atoms with E-state index in [0.717, 1.165) is 22.1 Å². The van der Waals surface area contributed by atoms with Crippen molar-refractivity contribution >= 4 is 28.1 Å². The average Bonchev–Trinajstić information content (AvgIpc) is 2.54. The van der Waals surface area contributed by atoms with Gasteiger partial charge in [-0.2, -0.15) is 8.42 Å². The zero-order valence-electron chi connectivity index (χ0n) is 12.7. The summed E-state index contributed by atoms with van der Waals surface area (Å²) in [5.74, 6) is 0.0838. The van der Waals surface area contributed by atoms with Gasteiger partial charge in [0.05, 0.1) is 5.41 Å². The fourth-order valence-electron chi connectivity index (χ4n) is 1.72. The monoisotopic (exact) mass is 330 g/mol. The van der Waals surface area contributed by atoms with Crippen LogP contribution in [0.2, 0.25) is 0 Å². The maximum absolute atomic E-state index is 11.0. The van der Waals surface area contributed by atoms with E-state index in [1.807, 2.05) is 24.3 Å². The van der Waals surface area contributed by atoms with Gasteiger partial charge in [-0.1, -0.05) is 67.3 Å². The van der Waals surface area contributed by atoms with Crippen LogP contribution in [0.5, 0.6) is 0 Å². The SMILES string of the molecule is C=Cc1ccccc1C(C)=O.O=S(=O)(O)C=Cc1ccccc1. The standard InChI is InChI=1S/C10H10O.C8H8O3S/c1-3-9-6-4-5-7-10(9)8(2)11;9-12(10,11)7-6-8-4-2-1-3-5-8/h3-7H,1H2,2H3;1-7H,(H,9,10,11). The highest BCUT2D eigenvalue weighted by molar-refractivity contribution is 7.88. The van der Waals surface area contributed by atoms with Crippen LogP contribution < -0.4 is 0 Å². The van der Waals surface area contributed by atoms with Crippen molar-refractivity contribution in [3.63, 3.8) is 0 Å². The van der Waals surface area contributed by atoms with Gasteiger partial charge in [0.25, 0.3) is 10.1 Å². The smallest absolute Gasteiger partial charge is 0.287 e. The largest absolute Gasteiger partial charge is 0.294 e. The van der Waals surface area contributed by atoms with Crippen molar-refractivity contribution in [3.8, 4) is 0 Å². The molecule has 0 saturated heterocycles. The third kappa shape index (κ3) is 7.35. The quantitative estimate of drug-likeness (QED) is 0.677. The van der Waals surface area contributed by atoms with E-state index in [4.69, 9.17) is 4.55 Å². The summed E-state index contributed by atoms with van der Waals surface area (Å²) in [6.45, 7) is 5.18. The molecule has 2 aromatic rings. The highest BCUT2D eigenvalue weighted by Gasteiger charge is 2.01. The van der Waals surface area contributed by atoms with Gasteiger partial charge in [-0.3, -0.25) is 9.35 Å². The van der Waals surface area contributed by atoms with Crippen molar-refractivity contribution in [1.82, 2.24) is 0 Å². The summed E-state index contributed by atoms with van der Waals surface area (Å²) in [4.78, 5) is 11.0. The molecular weight excluding hydrogens is 312 g/mol. The molecule has 0 atom stereocenters. The van der Waals surface area contributed by atoms with Gasteiger partial charge >= 0.3 is 0 Å². The fraction of sp³-hybridized carbons (Fsp3) is 0.0556. The summed E-state index contributed by atoms with van der Waals surface area (Å²) < 4.78 is 28.9. The molecule has 5 heteroatoms. The number of hydrogen-bond acceptors (Lipinski definition) is 3. The molecular formula is C18H18O4S. The first kappa shape index (κ1) is 18.5. The lowest BCUT2D eigenvalue weighted by Gasteiger charge is -1.98. The number of Topliss-reactive ketones (excluding diaryl/α,β-unsaturated/α-hetero) is 1. The van der Waals surface area contributed by atoms with Crippen LogP contribution in [0.3, 0.4) is 0 Å². The molecule has 2 rings (SSSR count). The lowest BCUT2D eigenvalue weighted by atomic mass is 10.1. The van der Waals surface area contributed by atoms with Crippen LogP contribution in [0.4, 0.5) is 0 Å². The van der Waals surface area contributed by atoms with Gasteiger partial charge < -0.3 is 0 Å². The summed E-state index contributed by atoms with van der Waals surface area (Å²) >= 11 is 0. The predicted molar refractivity (Wildman–Crippen MR) is 93.6 cm³/mol. The van der Waals surface area contributed by atoms with Crippen LogP contribution in [-0.4, -0.2) is 18.8 Å². The van der Waals surface area contributed by atoms with Crippen LogP contribution >= 0.6 is 0 Å². The molecule has 120 valence electrons. The Morgan fingerprint density at radius 3 is 2.09 bits per heavy atom. The van der Waals surface area contributed by atoms with E-state index >= 15 is 0 Å². The molecule has 0 bridgehead atoms. The number of benzene rings is 2. The number of carbonyl (C=O) groups is 1. The number of ketones is 1. The highest BCUT2D eigenvalue weighted by Crippen LogP contribution is 2.09. The molecule has 4 nitrogen and oxygen atoms in total. The average molecular weight is 330 g/mol. The maximum atomic E-state index is 11.0. The molecule has 0 amide bonds. The van der Waals surface area contributed by atoms with Gasteiger partial charge in [0.1, 0.15) is 0 Å². The van der Waals surface area contributed by atoms with Gasteiger partial charge in [-0.25, -0.2) is 0 Å². The van der Waals surface area contributed by atoms with Crippen molar-refractivity contribution in [3.05, 3.63) is 83.3 Å². The molecule has 2 aromatic carbocycles. The molecule has 0 aliphatic rings. The van der Waals surface area contributed by atoms with Gasteiger partial charge in [0.2, 0.25) is 0 Å². The Bertz CT molecular complexity index is 791. The van der Waals surface area contributed by atoms with Gasteiger partial charge in [-0.15, -0.1) is 0 Å². The minimum Gasteiger partial charge on any atom is -0.294 e. The lowest BCUT2D eigenvalue weighted by molar-refractivity contribution is 0.101. The Balaban J connectivity index is 0.000000231. The van der Waals surface area contributed by atoms with Crippen molar-refractivity contribution < 1.29 is 17.8 Å². The molecule has 1 N–H and O–H groups in total. The van der Waals surface area contributed by atoms with E-state index in [-0.39, 0.29) is 5.78 Å². The summed E-state index contributed by atoms with van der Waals surface area (Å²) in [6, 6.07) is 16.3. The van der Waals surface area contributed by atoms with Crippen molar-refractivity contribution in [2.75, 3.05) is 0 Å². The molecule has 0 saturated carbocycles. The molecule has 23 heavy (non-hydrogen) atoms. The Labute approximate surface area is 136 Å². The van der Waals surface area contributed by atoms with Crippen LogP contribution in [0.25, 0.3) is 12.2 Å². The van der Waals surface area contributed by atoms with E-state index < -0.39 is 10.1 Å². The third-order valence-corrected chi connectivity index (χ3v) is 3.27. The third-order valence-electron chi connectivity index (χ3n) is 2.79. The Morgan fingerprint density at radius 1 is 1.04 bits per heavy atom. The Morgan fingerprint density at radius 2 is 1.61 bits per heavy atom. The summed E-state index contributed by atoms with van der Waals surface area (Å²) in [7, 11) is -4.00. The number of rotatable bonds is 4. The van der Waals surface area contributed by atoms with Crippen molar-refractivity contribution in [2.45, 2.75) is 6.92 Å².